The van der Waals surface area contributed by atoms with E-state index in [2.05, 4.69) is 0 Å². The molecule has 0 aliphatic heterocycles. The van der Waals surface area contributed by atoms with Gasteiger partial charge in [0.25, 0.3) is 0 Å². The van der Waals surface area contributed by atoms with Gasteiger partial charge in [-0.05, 0) is 12.1 Å². The average Bonchev–Trinajstić information content (AvgIpc) is 2.50. The standard InChI is InChI=1S/C8H8N2O3/c9-4-5-1-2-7(13-5)6(10)3-8(11)12/h1-2,6H,3,10H2,(H,11,12). The lowest BCUT2D eigenvalue weighted by molar-refractivity contribution is -0.137. The number of nitriles is 1. The van der Waals surface area contributed by atoms with E-state index in [-0.39, 0.29) is 12.2 Å². The summed E-state index contributed by atoms with van der Waals surface area (Å²) in [7, 11) is 0. The van der Waals surface area contributed by atoms with Crippen molar-refractivity contribution in [2.45, 2.75) is 12.5 Å². The first kappa shape index (κ1) is 9.29. The van der Waals surface area contributed by atoms with Crippen LogP contribution in [0.1, 0.15) is 24.0 Å². The van der Waals surface area contributed by atoms with E-state index in [1.165, 1.54) is 12.1 Å². The Morgan fingerprint density at radius 3 is 2.92 bits per heavy atom. The van der Waals surface area contributed by atoms with Gasteiger partial charge in [0.05, 0.1) is 12.5 Å². The van der Waals surface area contributed by atoms with Crippen molar-refractivity contribution in [2.75, 3.05) is 0 Å². The lowest BCUT2D eigenvalue weighted by Crippen LogP contribution is -2.14. The van der Waals surface area contributed by atoms with Gasteiger partial charge in [-0.3, -0.25) is 4.79 Å². The van der Waals surface area contributed by atoms with Crippen LogP contribution in [0.2, 0.25) is 0 Å². The first-order chi connectivity index (χ1) is 6.13. The summed E-state index contributed by atoms with van der Waals surface area (Å²) in [4.78, 5) is 10.3. The molecule has 5 nitrogen and oxygen atoms in total. The van der Waals surface area contributed by atoms with Gasteiger partial charge >= 0.3 is 5.97 Å². The number of furan rings is 1. The number of hydrogen-bond donors (Lipinski definition) is 2. The van der Waals surface area contributed by atoms with Crippen molar-refractivity contribution in [3.05, 3.63) is 23.7 Å². The van der Waals surface area contributed by atoms with Gasteiger partial charge in [0.15, 0.2) is 0 Å². The van der Waals surface area contributed by atoms with Crippen LogP contribution in [0.4, 0.5) is 0 Å². The molecule has 0 aliphatic rings. The largest absolute Gasteiger partial charge is 0.481 e. The Morgan fingerprint density at radius 2 is 2.46 bits per heavy atom. The third-order valence-electron chi connectivity index (χ3n) is 1.50. The summed E-state index contributed by atoms with van der Waals surface area (Å²) in [6.07, 6.45) is -0.210. The highest BCUT2D eigenvalue weighted by Gasteiger charge is 2.14. The molecule has 1 rings (SSSR count). The molecular weight excluding hydrogens is 172 g/mol. The molecule has 68 valence electrons. The second kappa shape index (κ2) is 3.74. The summed E-state index contributed by atoms with van der Waals surface area (Å²) < 4.78 is 4.95. The molecule has 0 bridgehead atoms. The molecule has 0 fully saturated rings. The van der Waals surface area contributed by atoms with E-state index < -0.39 is 12.0 Å². The Morgan fingerprint density at radius 1 is 1.77 bits per heavy atom. The van der Waals surface area contributed by atoms with Crippen molar-refractivity contribution in [3.63, 3.8) is 0 Å². The average molecular weight is 180 g/mol. The lowest BCUT2D eigenvalue weighted by atomic mass is 10.2. The highest BCUT2D eigenvalue weighted by Crippen LogP contribution is 2.16. The van der Waals surface area contributed by atoms with E-state index in [4.69, 9.17) is 20.5 Å². The van der Waals surface area contributed by atoms with E-state index >= 15 is 0 Å². The maximum atomic E-state index is 10.3. The quantitative estimate of drug-likeness (QED) is 0.710. The monoisotopic (exact) mass is 180 g/mol. The third-order valence-corrected chi connectivity index (χ3v) is 1.50. The van der Waals surface area contributed by atoms with Gasteiger partial charge < -0.3 is 15.3 Å². The van der Waals surface area contributed by atoms with Crippen LogP contribution >= 0.6 is 0 Å². The molecule has 5 heteroatoms. The van der Waals surface area contributed by atoms with Gasteiger partial charge in [0.1, 0.15) is 11.8 Å². The molecule has 0 saturated heterocycles. The predicted octanol–water partition coefficient (Wildman–Crippen LogP) is 0.626. The van der Waals surface area contributed by atoms with E-state index in [9.17, 15) is 4.79 Å². The van der Waals surface area contributed by atoms with Crippen LogP contribution in [-0.4, -0.2) is 11.1 Å². The fourth-order valence-electron chi connectivity index (χ4n) is 0.901. The van der Waals surface area contributed by atoms with Gasteiger partial charge in [0.2, 0.25) is 5.76 Å². The number of hydrogen-bond acceptors (Lipinski definition) is 4. The molecule has 1 aromatic rings. The predicted molar refractivity (Wildman–Crippen MR) is 42.6 cm³/mol. The zero-order valence-corrected chi connectivity index (χ0v) is 6.73. The summed E-state index contributed by atoms with van der Waals surface area (Å²) in [5.41, 5.74) is 5.48. The molecule has 0 spiro atoms. The van der Waals surface area contributed by atoms with Crippen molar-refractivity contribution in [3.8, 4) is 6.07 Å². The van der Waals surface area contributed by atoms with Gasteiger partial charge in [-0.2, -0.15) is 5.26 Å². The summed E-state index contributed by atoms with van der Waals surface area (Å²) in [5, 5.41) is 16.8. The highest BCUT2D eigenvalue weighted by molar-refractivity contribution is 5.67. The summed E-state index contributed by atoms with van der Waals surface area (Å²) in [6.45, 7) is 0. The van der Waals surface area contributed by atoms with Gasteiger partial charge in [0, 0.05) is 0 Å². The van der Waals surface area contributed by atoms with E-state index in [0.29, 0.717) is 5.76 Å². The van der Waals surface area contributed by atoms with Crippen LogP contribution in [0.25, 0.3) is 0 Å². The van der Waals surface area contributed by atoms with Crippen molar-refractivity contribution in [1.82, 2.24) is 0 Å². The molecule has 1 atom stereocenters. The van der Waals surface area contributed by atoms with E-state index in [1.54, 1.807) is 6.07 Å². The Labute approximate surface area is 74.4 Å². The molecule has 13 heavy (non-hydrogen) atoms. The molecule has 1 unspecified atom stereocenters. The number of carboxylic acids is 1. The van der Waals surface area contributed by atoms with Crippen LogP contribution in [-0.2, 0) is 4.79 Å². The number of carboxylic acid groups (broad SMARTS) is 1. The number of nitrogens with two attached hydrogens (primary N) is 1. The van der Waals surface area contributed by atoms with Gasteiger partial charge in [-0.15, -0.1) is 0 Å². The zero-order valence-electron chi connectivity index (χ0n) is 6.73. The SMILES string of the molecule is N#Cc1ccc(C(N)CC(=O)O)o1. The fraction of sp³-hybridized carbons (Fsp3) is 0.250. The fourth-order valence-corrected chi connectivity index (χ4v) is 0.901. The van der Waals surface area contributed by atoms with Gasteiger partial charge in [-0.1, -0.05) is 0 Å². The number of aliphatic carboxylic acids is 1. The molecule has 3 N–H and O–H groups in total. The normalized spacial score (nSPS) is 12.0. The van der Waals surface area contributed by atoms with E-state index in [0.717, 1.165) is 0 Å². The summed E-state index contributed by atoms with van der Waals surface area (Å²) in [6, 6.07) is 4.05. The van der Waals surface area contributed by atoms with Crippen LogP contribution in [0.3, 0.4) is 0 Å². The first-order valence-corrected chi connectivity index (χ1v) is 3.60. The van der Waals surface area contributed by atoms with Crippen molar-refractivity contribution in [2.24, 2.45) is 5.73 Å². The minimum Gasteiger partial charge on any atom is -0.481 e. The lowest BCUT2D eigenvalue weighted by Gasteiger charge is -2.03. The molecule has 0 saturated carbocycles. The Kier molecular flexibility index (Phi) is 2.67. The number of carbonyl (C=O) groups is 1. The molecule has 1 aromatic heterocycles. The Bertz CT molecular complexity index is 351. The minimum absolute atomic E-state index is 0.135. The first-order valence-electron chi connectivity index (χ1n) is 3.60. The van der Waals surface area contributed by atoms with Crippen LogP contribution in [0.15, 0.2) is 16.5 Å². The maximum absolute atomic E-state index is 10.3. The minimum atomic E-state index is -0.998. The molecule has 0 amide bonds. The summed E-state index contributed by atoms with van der Waals surface area (Å²) in [5.74, 6) is -0.544. The Balaban J connectivity index is 2.72. The third kappa shape index (κ3) is 2.32. The van der Waals surface area contributed by atoms with Crippen LogP contribution in [0, 0.1) is 11.3 Å². The second-order valence-corrected chi connectivity index (χ2v) is 2.52. The topological polar surface area (TPSA) is 100 Å². The molecule has 0 radical (unpaired) electrons. The molecular formula is C8H8N2O3. The number of nitrogens with zero attached hydrogens (tertiary/aromatic N) is 1. The van der Waals surface area contributed by atoms with Crippen LogP contribution in [0.5, 0.6) is 0 Å². The maximum Gasteiger partial charge on any atom is 0.305 e. The van der Waals surface area contributed by atoms with Crippen molar-refractivity contribution >= 4 is 5.97 Å². The smallest absolute Gasteiger partial charge is 0.305 e. The van der Waals surface area contributed by atoms with Gasteiger partial charge in [-0.25, -0.2) is 0 Å². The summed E-state index contributed by atoms with van der Waals surface area (Å²) >= 11 is 0. The molecule has 0 aromatic carbocycles. The molecule has 0 aliphatic carbocycles. The van der Waals surface area contributed by atoms with Crippen molar-refractivity contribution in [1.29, 1.82) is 5.26 Å². The molecule has 1 heterocycles. The van der Waals surface area contributed by atoms with E-state index in [1.807, 2.05) is 0 Å². The van der Waals surface area contributed by atoms with Crippen molar-refractivity contribution < 1.29 is 14.3 Å². The highest BCUT2D eigenvalue weighted by atomic mass is 16.4. The van der Waals surface area contributed by atoms with Crippen LogP contribution < -0.4 is 5.73 Å². The second-order valence-electron chi connectivity index (χ2n) is 2.52. The number of rotatable bonds is 3. The zero-order chi connectivity index (χ0) is 9.84. The Hall–Kier alpha value is -1.80.